The summed E-state index contributed by atoms with van der Waals surface area (Å²) in [6, 6.07) is 8.47. The molecule has 0 bridgehead atoms. The van der Waals surface area contributed by atoms with Gasteiger partial charge in [-0.1, -0.05) is 45.0 Å². The van der Waals surface area contributed by atoms with E-state index in [0.29, 0.717) is 0 Å². The molecule has 2 rings (SSSR count). The first-order valence-electron chi connectivity index (χ1n) is 4.65. The largest absolute Gasteiger partial charge is 0.363 e. The van der Waals surface area contributed by atoms with Crippen molar-refractivity contribution < 1.29 is 0 Å². The second-order valence-corrected chi connectivity index (χ2v) is 4.50. The van der Waals surface area contributed by atoms with E-state index < -0.39 is 0 Å². The van der Waals surface area contributed by atoms with Gasteiger partial charge in [-0.2, -0.15) is 0 Å². The average molecular weight is 173 g/mol. The van der Waals surface area contributed by atoms with Crippen LogP contribution < -0.4 is 0 Å². The third kappa shape index (κ3) is 1.35. The van der Waals surface area contributed by atoms with E-state index >= 15 is 0 Å². The van der Waals surface area contributed by atoms with Gasteiger partial charge >= 0.3 is 0 Å². The van der Waals surface area contributed by atoms with E-state index in [9.17, 15) is 0 Å². The lowest BCUT2D eigenvalue weighted by molar-refractivity contribution is 0.578. The van der Waals surface area contributed by atoms with Crippen molar-refractivity contribution in [3.8, 4) is 0 Å². The van der Waals surface area contributed by atoms with E-state index in [1.54, 1.807) is 0 Å². The van der Waals surface area contributed by atoms with Crippen molar-refractivity contribution >= 4 is 10.8 Å². The standard InChI is InChI=1S/C12H15N/c1-12(2,3)11-10-7-5-4-6-9(10)8-13-11/h4-8,13H,1-3H3. The second-order valence-electron chi connectivity index (χ2n) is 4.50. The van der Waals surface area contributed by atoms with Gasteiger partial charge in [-0.25, -0.2) is 0 Å². The van der Waals surface area contributed by atoms with Crippen LogP contribution in [0.5, 0.6) is 0 Å². The molecule has 0 saturated heterocycles. The Hall–Kier alpha value is -1.24. The van der Waals surface area contributed by atoms with Crippen molar-refractivity contribution in [2.45, 2.75) is 26.2 Å². The number of hydrogen-bond donors (Lipinski definition) is 1. The SMILES string of the molecule is CC(C)(C)c1[nH]cc2ccccc12. The molecule has 68 valence electrons. The van der Waals surface area contributed by atoms with Crippen molar-refractivity contribution in [2.24, 2.45) is 0 Å². The van der Waals surface area contributed by atoms with E-state index in [2.05, 4.69) is 56.2 Å². The summed E-state index contributed by atoms with van der Waals surface area (Å²) >= 11 is 0. The van der Waals surface area contributed by atoms with Crippen LogP contribution in [0.4, 0.5) is 0 Å². The molecule has 0 unspecified atom stereocenters. The Balaban J connectivity index is 2.72. The molecule has 1 nitrogen and oxygen atoms in total. The molecule has 0 saturated carbocycles. The van der Waals surface area contributed by atoms with Crippen molar-refractivity contribution in [2.75, 3.05) is 0 Å². The Morgan fingerprint density at radius 2 is 1.77 bits per heavy atom. The summed E-state index contributed by atoms with van der Waals surface area (Å²) in [5.41, 5.74) is 1.52. The Bertz CT molecular complexity index is 418. The van der Waals surface area contributed by atoms with Crippen LogP contribution in [0, 0.1) is 0 Å². The zero-order valence-electron chi connectivity index (χ0n) is 8.39. The number of aromatic nitrogens is 1. The fourth-order valence-corrected chi connectivity index (χ4v) is 1.70. The number of hydrogen-bond acceptors (Lipinski definition) is 0. The van der Waals surface area contributed by atoms with Crippen LogP contribution in [-0.4, -0.2) is 4.98 Å². The molecule has 1 N–H and O–H groups in total. The van der Waals surface area contributed by atoms with Crippen LogP contribution in [0.25, 0.3) is 10.8 Å². The quantitative estimate of drug-likeness (QED) is 0.628. The van der Waals surface area contributed by atoms with Crippen LogP contribution in [0.1, 0.15) is 26.5 Å². The molecule has 0 aliphatic rings. The predicted octanol–water partition coefficient (Wildman–Crippen LogP) is 3.47. The molecule has 0 spiro atoms. The predicted molar refractivity (Wildman–Crippen MR) is 57.0 cm³/mol. The van der Waals surface area contributed by atoms with Gasteiger partial charge in [-0.15, -0.1) is 0 Å². The Morgan fingerprint density at radius 3 is 2.46 bits per heavy atom. The molecular weight excluding hydrogens is 158 g/mol. The summed E-state index contributed by atoms with van der Waals surface area (Å²) in [7, 11) is 0. The second kappa shape index (κ2) is 2.63. The summed E-state index contributed by atoms with van der Waals surface area (Å²) in [6.07, 6.45) is 2.08. The number of H-pyrrole nitrogens is 1. The fourth-order valence-electron chi connectivity index (χ4n) is 1.70. The highest BCUT2D eigenvalue weighted by atomic mass is 14.7. The summed E-state index contributed by atoms with van der Waals surface area (Å²) in [5.74, 6) is 0. The molecule has 1 aromatic carbocycles. The van der Waals surface area contributed by atoms with E-state index in [1.807, 2.05) is 0 Å². The molecule has 1 heteroatoms. The molecule has 1 aromatic heterocycles. The molecule has 1 heterocycles. The number of aromatic amines is 1. The van der Waals surface area contributed by atoms with E-state index in [-0.39, 0.29) is 5.41 Å². The maximum absolute atomic E-state index is 3.35. The Kier molecular flexibility index (Phi) is 1.69. The molecule has 0 amide bonds. The molecule has 0 radical (unpaired) electrons. The number of rotatable bonds is 0. The molecule has 0 atom stereocenters. The van der Waals surface area contributed by atoms with Crippen LogP contribution in [0.15, 0.2) is 30.5 Å². The highest BCUT2D eigenvalue weighted by Crippen LogP contribution is 2.28. The molecule has 13 heavy (non-hydrogen) atoms. The van der Waals surface area contributed by atoms with Crippen LogP contribution in [0.3, 0.4) is 0 Å². The van der Waals surface area contributed by atoms with Crippen LogP contribution in [-0.2, 0) is 5.41 Å². The highest BCUT2D eigenvalue weighted by molar-refractivity contribution is 5.85. The van der Waals surface area contributed by atoms with Crippen molar-refractivity contribution in [3.05, 3.63) is 36.2 Å². The molecule has 0 aliphatic heterocycles. The Morgan fingerprint density at radius 1 is 1.08 bits per heavy atom. The lowest BCUT2D eigenvalue weighted by atomic mass is 9.90. The lowest BCUT2D eigenvalue weighted by Crippen LogP contribution is -2.11. The molecule has 0 aliphatic carbocycles. The maximum atomic E-state index is 3.35. The highest BCUT2D eigenvalue weighted by Gasteiger charge is 2.17. The van der Waals surface area contributed by atoms with Gasteiger partial charge in [0, 0.05) is 22.7 Å². The Labute approximate surface area is 78.8 Å². The van der Waals surface area contributed by atoms with Gasteiger partial charge in [0.25, 0.3) is 0 Å². The van der Waals surface area contributed by atoms with Gasteiger partial charge in [0.1, 0.15) is 0 Å². The summed E-state index contributed by atoms with van der Waals surface area (Å²) in [5, 5.41) is 2.64. The van der Waals surface area contributed by atoms with E-state index in [4.69, 9.17) is 0 Å². The minimum Gasteiger partial charge on any atom is -0.363 e. The normalized spacial score (nSPS) is 12.2. The molecule has 2 aromatic rings. The first-order chi connectivity index (χ1) is 6.09. The first kappa shape index (κ1) is 8.36. The van der Waals surface area contributed by atoms with Gasteiger partial charge in [0.05, 0.1) is 0 Å². The molecule has 0 fully saturated rings. The van der Waals surface area contributed by atoms with Gasteiger partial charge in [0.2, 0.25) is 0 Å². The lowest BCUT2D eigenvalue weighted by Gasteiger charge is -2.17. The smallest absolute Gasteiger partial charge is 0.0281 e. The topological polar surface area (TPSA) is 15.8 Å². The maximum Gasteiger partial charge on any atom is 0.0281 e. The minimum atomic E-state index is 0.198. The monoisotopic (exact) mass is 173 g/mol. The average Bonchev–Trinajstić information content (AvgIpc) is 2.45. The van der Waals surface area contributed by atoms with Gasteiger partial charge < -0.3 is 4.98 Å². The third-order valence-corrected chi connectivity index (χ3v) is 2.35. The van der Waals surface area contributed by atoms with Gasteiger partial charge in [-0.3, -0.25) is 0 Å². The first-order valence-corrected chi connectivity index (χ1v) is 4.65. The summed E-state index contributed by atoms with van der Waals surface area (Å²) in [4.78, 5) is 3.35. The van der Waals surface area contributed by atoms with Crippen LogP contribution >= 0.6 is 0 Å². The van der Waals surface area contributed by atoms with Gasteiger partial charge in [-0.05, 0) is 5.39 Å². The van der Waals surface area contributed by atoms with E-state index in [1.165, 1.54) is 16.5 Å². The van der Waals surface area contributed by atoms with E-state index in [0.717, 1.165) is 0 Å². The zero-order chi connectivity index (χ0) is 9.47. The number of benzene rings is 1. The van der Waals surface area contributed by atoms with Crippen molar-refractivity contribution in [1.82, 2.24) is 4.98 Å². The summed E-state index contributed by atoms with van der Waals surface area (Å²) < 4.78 is 0. The van der Waals surface area contributed by atoms with Crippen LogP contribution in [0.2, 0.25) is 0 Å². The molecular formula is C12H15N. The fraction of sp³-hybridized carbons (Fsp3) is 0.333. The summed E-state index contributed by atoms with van der Waals surface area (Å²) in [6.45, 7) is 6.68. The number of nitrogens with one attached hydrogen (secondary N) is 1. The number of fused-ring (bicyclic) bond motifs is 1. The minimum absolute atomic E-state index is 0.198. The zero-order valence-corrected chi connectivity index (χ0v) is 8.39. The van der Waals surface area contributed by atoms with Gasteiger partial charge in [0.15, 0.2) is 0 Å². The third-order valence-electron chi connectivity index (χ3n) is 2.35. The van der Waals surface area contributed by atoms with Crippen molar-refractivity contribution in [1.29, 1.82) is 0 Å². The van der Waals surface area contributed by atoms with Crippen molar-refractivity contribution in [3.63, 3.8) is 0 Å².